The molecule has 7 nitrogen and oxygen atoms in total. The van der Waals surface area contributed by atoms with Crippen LogP contribution in [0.1, 0.15) is 10.5 Å². The van der Waals surface area contributed by atoms with Gasteiger partial charge in [0.1, 0.15) is 10.3 Å². The highest BCUT2D eigenvalue weighted by Gasteiger charge is 2.09. The van der Waals surface area contributed by atoms with Crippen LogP contribution in [0.3, 0.4) is 0 Å². The molecule has 0 fully saturated rings. The number of amides is 1. The van der Waals surface area contributed by atoms with E-state index in [4.69, 9.17) is 5.84 Å². The van der Waals surface area contributed by atoms with Gasteiger partial charge >= 0.3 is 0 Å². The molecule has 92 valence electrons. The average Bonchev–Trinajstić information content (AvgIpc) is 2.41. The van der Waals surface area contributed by atoms with Crippen LogP contribution in [0.25, 0.3) is 0 Å². The zero-order valence-corrected chi connectivity index (χ0v) is 10.7. The molecule has 1 amide bonds. The summed E-state index contributed by atoms with van der Waals surface area (Å²) >= 11 is 3.15. The van der Waals surface area contributed by atoms with Gasteiger partial charge in [0, 0.05) is 6.20 Å². The summed E-state index contributed by atoms with van der Waals surface area (Å²) in [6.07, 6.45) is 4.41. The van der Waals surface area contributed by atoms with Crippen molar-refractivity contribution >= 4 is 33.3 Å². The molecule has 0 aliphatic carbocycles. The molecule has 2 aromatic rings. The van der Waals surface area contributed by atoms with Crippen molar-refractivity contribution in [2.75, 3.05) is 10.7 Å². The third-order valence-corrected chi connectivity index (χ3v) is 2.43. The lowest BCUT2D eigenvalue weighted by molar-refractivity contribution is 0.102. The normalized spacial score (nSPS) is 9.89. The highest BCUT2D eigenvalue weighted by molar-refractivity contribution is 9.10. The van der Waals surface area contributed by atoms with Crippen molar-refractivity contribution in [1.29, 1.82) is 0 Å². The van der Waals surface area contributed by atoms with Crippen molar-refractivity contribution in [2.45, 2.75) is 0 Å². The van der Waals surface area contributed by atoms with Crippen molar-refractivity contribution in [3.05, 3.63) is 41.0 Å². The fourth-order valence-corrected chi connectivity index (χ4v) is 1.41. The number of anilines is 2. The summed E-state index contributed by atoms with van der Waals surface area (Å²) in [5.74, 6) is 5.21. The maximum absolute atomic E-state index is 11.8. The standard InChI is InChI=1S/C10H9BrN6O/c11-8-4-15-9(5-14-8)16-10(18)7-3-6(17-12)1-2-13-7/h1-5H,12H2,(H,13,17)(H,15,16,18). The Kier molecular flexibility index (Phi) is 3.80. The molecule has 0 spiro atoms. The Bertz CT molecular complexity index is 559. The van der Waals surface area contributed by atoms with E-state index in [1.54, 1.807) is 6.07 Å². The van der Waals surface area contributed by atoms with E-state index in [1.165, 1.54) is 24.7 Å². The number of aromatic nitrogens is 3. The molecule has 0 saturated heterocycles. The fourth-order valence-electron chi connectivity index (χ4n) is 1.20. The predicted octanol–water partition coefficient (Wildman–Crippen LogP) is 1.17. The number of rotatable bonds is 3. The maximum Gasteiger partial charge on any atom is 0.275 e. The first kappa shape index (κ1) is 12.4. The molecule has 0 atom stereocenters. The van der Waals surface area contributed by atoms with E-state index in [0.717, 1.165) is 0 Å². The third kappa shape index (κ3) is 2.99. The minimum absolute atomic E-state index is 0.232. The van der Waals surface area contributed by atoms with Crippen LogP contribution in [0.5, 0.6) is 0 Å². The summed E-state index contributed by atoms with van der Waals surface area (Å²) in [6, 6.07) is 3.18. The minimum Gasteiger partial charge on any atom is -0.324 e. The monoisotopic (exact) mass is 308 g/mol. The molecule has 0 aliphatic rings. The molecular weight excluding hydrogens is 300 g/mol. The molecule has 8 heteroatoms. The summed E-state index contributed by atoms with van der Waals surface area (Å²) in [4.78, 5) is 23.7. The zero-order chi connectivity index (χ0) is 13.0. The fraction of sp³-hybridized carbons (Fsp3) is 0. The van der Waals surface area contributed by atoms with Crippen LogP contribution in [-0.4, -0.2) is 20.9 Å². The number of carbonyl (C=O) groups excluding carboxylic acids is 1. The van der Waals surface area contributed by atoms with E-state index in [2.05, 4.69) is 41.6 Å². The maximum atomic E-state index is 11.8. The van der Waals surface area contributed by atoms with Gasteiger partial charge in [-0.1, -0.05) is 0 Å². The van der Waals surface area contributed by atoms with Gasteiger partial charge in [-0.2, -0.15) is 0 Å². The van der Waals surface area contributed by atoms with Gasteiger partial charge in [0.2, 0.25) is 0 Å². The number of hydrogen-bond donors (Lipinski definition) is 3. The van der Waals surface area contributed by atoms with Gasteiger partial charge < -0.3 is 10.7 Å². The van der Waals surface area contributed by atoms with E-state index < -0.39 is 0 Å². The zero-order valence-electron chi connectivity index (χ0n) is 9.09. The van der Waals surface area contributed by atoms with Gasteiger partial charge in [0.15, 0.2) is 5.82 Å². The second kappa shape index (κ2) is 5.52. The Balaban J connectivity index is 2.14. The third-order valence-electron chi connectivity index (χ3n) is 2.02. The molecule has 2 aromatic heterocycles. The summed E-state index contributed by atoms with van der Waals surface area (Å²) in [6.45, 7) is 0. The van der Waals surface area contributed by atoms with E-state index in [0.29, 0.717) is 16.1 Å². The number of nitrogens with one attached hydrogen (secondary N) is 2. The van der Waals surface area contributed by atoms with Crippen LogP contribution < -0.4 is 16.6 Å². The topological polar surface area (TPSA) is 106 Å². The molecule has 4 N–H and O–H groups in total. The van der Waals surface area contributed by atoms with E-state index in [1.807, 2.05) is 0 Å². The van der Waals surface area contributed by atoms with Crippen LogP contribution in [0.4, 0.5) is 11.5 Å². The van der Waals surface area contributed by atoms with Crippen LogP contribution in [0.15, 0.2) is 35.3 Å². The van der Waals surface area contributed by atoms with Gasteiger partial charge in [-0.05, 0) is 28.1 Å². The van der Waals surface area contributed by atoms with Gasteiger partial charge in [-0.3, -0.25) is 15.6 Å². The molecule has 0 bridgehead atoms. The molecule has 2 heterocycles. The lowest BCUT2D eigenvalue weighted by Gasteiger charge is -2.05. The number of halogens is 1. The number of hydrogen-bond acceptors (Lipinski definition) is 6. The van der Waals surface area contributed by atoms with Crippen LogP contribution in [0, 0.1) is 0 Å². The second-order valence-corrected chi connectivity index (χ2v) is 4.07. The summed E-state index contributed by atoms with van der Waals surface area (Å²) < 4.78 is 0.591. The van der Waals surface area contributed by atoms with Gasteiger partial charge in [-0.15, -0.1) is 0 Å². The lowest BCUT2D eigenvalue weighted by atomic mass is 10.3. The molecule has 0 aromatic carbocycles. The summed E-state index contributed by atoms with van der Waals surface area (Å²) in [5, 5.41) is 2.57. The van der Waals surface area contributed by atoms with Crippen molar-refractivity contribution in [1.82, 2.24) is 15.0 Å². The smallest absolute Gasteiger partial charge is 0.275 e. The Hall–Kier alpha value is -2.06. The van der Waals surface area contributed by atoms with Crippen LogP contribution >= 0.6 is 15.9 Å². The largest absolute Gasteiger partial charge is 0.324 e. The molecule has 0 saturated carbocycles. The Morgan fingerprint density at radius 2 is 2.11 bits per heavy atom. The van der Waals surface area contributed by atoms with E-state index >= 15 is 0 Å². The van der Waals surface area contributed by atoms with Crippen LogP contribution in [-0.2, 0) is 0 Å². The first-order chi connectivity index (χ1) is 8.69. The van der Waals surface area contributed by atoms with E-state index in [9.17, 15) is 4.79 Å². The molecular formula is C10H9BrN6O. The quantitative estimate of drug-likeness (QED) is 0.580. The van der Waals surface area contributed by atoms with Crippen molar-refractivity contribution in [3.63, 3.8) is 0 Å². The van der Waals surface area contributed by atoms with E-state index in [-0.39, 0.29) is 11.6 Å². The molecule has 0 radical (unpaired) electrons. The minimum atomic E-state index is -0.385. The molecule has 0 unspecified atom stereocenters. The first-order valence-electron chi connectivity index (χ1n) is 4.90. The Labute approximate surface area is 111 Å². The van der Waals surface area contributed by atoms with Crippen molar-refractivity contribution < 1.29 is 4.79 Å². The molecule has 18 heavy (non-hydrogen) atoms. The Morgan fingerprint density at radius 1 is 1.28 bits per heavy atom. The molecule has 0 aliphatic heterocycles. The first-order valence-corrected chi connectivity index (χ1v) is 5.70. The van der Waals surface area contributed by atoms with Crippen molar-refractivity contribution in [2.24, 2.45) is 5.84 Å². The summed E-state index contributed by atoms with van der Waals surface area (Å²) in [5.41, 5.74) is 3.27. The number of pyridine rings is 1. The second-order valence-electron chi connectivity index (χ2n) is 3.25. The van der Waals surface area contributed by atoms with Gasteiger partial charge in [0.05, 0.1) is 18.1 Å². The molecule has 2 rings (SSSR count). The number of nitrogen functional groups attached to an aromatic ring is 1. The average molecular weight is 309 g/mol. The lowest BCUT2D eigenvalue weighted by Crippen LogP contribution is -2.16. The highest BCUT2D eigenvalue weighted by atomic mass is 79.9. The Morgan fingerprint density at radius 3 is 2.78 bits per heavy atom. The number of carbonyl (C=O) groups is 1. The van der Waals surface area contributed by atoms with Crippen LogP contribution in [0.2, 0.25) is 0 Å². The van der Waals surface area contributed by atoms with Crippen molar-refractivity contribution in [3.8, 4) is 0 Å². The predicted molar refractivity (Wildman–Crippen MR) is 69.7 cm³/mol. The number of nitrogens with zero attached hydrogens (tertiary/aromatic N) is 3. The number of nitrogens with two attached hydrogens (primary N) is 1. The SMILES string of the molecule is NNc1ccnc(C(=O)Nc2cnc(Br)cn2)c1. The summed E-state index contributed by atoms with van der Waals surface area (Å²) in [7, 11) is 0. The van der Waals surface area contributed by atoms with Gasteiger partial charge in [-0.25, -0.2) is 9.97 Å². The number of hydrazine groups is 1. The van der Waals surface area contributed by atoms with Gasteiger partial charge in [0.25, 0.3) is 5.91 Å². The highest BCUT2D eigenvalue weighted by Crippen LogP contribution is 2.10.